The fourth-order valence-electron chi connectivity index (χ4n) is 7.31. The molecule has 5 nitrogen and oxygen atoms in total. The number of hydrogen-bond donors (Lipinski definition) is 1. The van der Waals surface area contributed by atoms with E-state index in [9.17, 15) is 9.59 Å². The van der Waals surface area contributed by atoms with Gasteiger partial charge in [0.1, 0.15) is 0 Å². The summed E-state index contributed by atoms with van der Waals surface area (Å²) in [4.78, 5) is 28.9. The molecule has 3 heterocycles. The Kier molecular flexibility index (Phi) is 8.78. The minimum atomic E-state index is -0.0240. The number of aromatic nitrogens is 1. The first-order chi connectivity index (χ1) is 20.5. The second-order valence-corrected chi connectivity index (χ2v) is 12.5. The van der Waals surface area contributed by atoms with Crippen molar-refractivity contribution in [3.63, 3.8) is 0 Å². The van der Waals surface area contributed by atoms with Gasteiger partial charge in [-0.1, -0.05) is 67.1 Å². The van der Waals surface area contributed by atoms with Crippen LogP contribution in [0, 0.1) is 5.92 Å². The Labute approximate surface area is 253 Å². The van der Waals surface area contributed by atoms with Gasteiger partial charge in [-0.15, -0.1) is 0 Å². The standard InChI is InChI=1S/C36H40ClN3O2/c1-2-27-10-6-11-32-33(36(42)38-23-25-8-4-3-5-9-25)24-39(35(27)32)18-7-19-40-30-16-17-31(40)21-26(20-30)22-34(41)28-12-14-29(37)15-13-28/h3-6,8-15,24,26,30-31H,2,7,16-23H2,1H3,(H,38,42)/t26?,30-,31?/m1/s1. The van der Waals surface area contributed by atoms with Crippen molar-refractivity contribution in [3.8, 4) is 0 Å². The number of amides is 1. The molecule has 42 heavy (non-hydrogen) atoms. The van der Waals surface area contributed by atoms with Gasteiger partial charge in [0.25, 0.3) is 5.91 Å². The predicted octanol–water partition coefficient (Wildman–Crippen LogP) is 7.69. The van der Waals surface area contributed by atoms with Gasteiger partial charge in [-0.05, 0) is 79.8 Å². The number of nitrogens with one attached hydrogen (secondary N) is 1. The number of fused-ring (bicyclic) bond motifs is 3. The highest BCUT2D eigenvalue weighted by Crippen LogP contribution is 2.40. The van der Waals surface area contributed by atoms with Crippen molar-refractivity contribution in [3.05, 3.63) is 106 Å². The van der Waals surface area contributed by atoms with E-state index in [2.05, 4.69) is 46.1 Å². The molecule has 0 spiro atoms. The Morgan fingerprint density at radius 1 is 0.905 bits per heavy atom. The molecule has 2 aliphatic heterocycles. The Morgan fingerprint density at radius 3 is 2.36 bits per heavy atom. The van der Waals surface area contributed by atoms with E-state index in [1.807, 2.05) is 42.5 Å². The molecule has 218 valence electrons. The van der Waals surface area contributed by atoms with Gasteiger partial charge in [-0.3, -0.25) is 14.5 Å². The molecule has 2 saturated heterocycles. The van der Waals surface area contributed by atoms with Crippen LogP contribution in [0.25, 0.3) is 10.9 Å². The molecule has 0 aliphatic carbocycles. The highest BCUT2D eigenvalue weighted by Gasteiger charge is 2.40. The number of ketones is 1. The second-order valence-electron chi connectivity index (χ2n) is 12.0. The maximum absolute atomic E-state index is 13.3. The van der Waals surface area contributed by atoms with Gasteiger partial charge in [-0.25, -0.2) is 0 Å². The molecular formula is C36H40ClN3O2. The zero-order valence-corrected chi connectivity index (χ0v) is 25.2. The molecule has 2 bridgehead atoms. The molecule has 1 N–H and O–H groups in total. The molecule has 3 atom stereocenters. The molecule has 6 heteroatoms. The van der Waals surface area contributed by atoms with Crippen LogP contribution in [-0.4, -0.2) is 39.8 Å². The number of aryl methyl sites for hydroxylation is 2. The number of Topliss-reactive ketones (excluding diaryl/α,β-unsaturated/α-hetero) is 1. The molecule has 2 fully saturated rings. The number of carbonyl (C=O) groups excluding carboxylic acids is 2. The Hall–Kier alpha value is -3.41. The number of hydrogen-bond acceptors (Lipinski definition) is 3. The molecule has 3 aromatic carbocycles. The van der Waals surface area contributed by atoms with Gasteiger partial charge in [0.2, 0.25) is 0 Å². The number of halogens is 1. The summed E-state index contributed by atoms with van der Waals surface area (Å²) in [5.41, 5.74) is 5.08. The maximum Gasteiger partial charge on any atom is 0.253 e. The van der Waals surface area contributed by atoms with Crippen LogP contribution in [0.4, 0.5) is 0 Å². The number of piperidine rings is 1. The molecule has 1 aromatic heterocycles. The van der Waals surface area contributed by atoms with Gasteiger partial charge in [-0.2, -0.15) is 0 Å². The minimum absolute atomic E-state index is 0.0240. The van der Waals surface area contributed by atoms with Crippen LogP contribution in [0.2, 0.25) is 5.02 Å². The maximum atomic E-state index is 13.3. The summed E-state index contributed by atoms with van der Waals surface area (Å²) in [6.45, 7) is 4.63. The van der Waals surface area contributed by atoms with Crippen LogP contribution in [0.5, 0.6) is 0 Å². The van der Waals surface area contributed by atoms with Gasteiger partial charge in [0, 0.05) is 60.3 Å². The highest BCUT2D eigenvalue weighted by atomic mass is 35.5. The Balaban J connectivity index is 1.09. The average Bonchev–Trinajstić information content (AvgIpc) is 3.50. The summed E-state index contributed by atoms with van der Waals surface area (Å²) < 4.78 is 2.31. The predicted molar refractivity (Wildman–Crippen MR) is 170 cm³/mol. The SMILES string of the molecule is CCc1cccc2c(C(=O)NCc3ccccc3)cn(CCCN3C4CC[C@@H]3CC(CC(=O)c3ccc(Cl)cc3)C4)c12. The third-order valence-electron chi connectivity index (χ3n) is 9.34. The number of para-hydroxylation sites is 1. The van der Waals surface area contributed by atoms with Crippen LogP contribution >= 0.6 is 11.6 Å². The summed E-state index contributed by atoms with van der Waals surface area (Å²) in [6.07, 6.45) is 9.33. The summed E-state index contributed by atoms with van der Waals surface area (Å²) in [5.74, 6) is 0.669. The minimum Gasteiger partial charge on any atom is -0.348 e. The van der Waals surface area contributed by atoms with Crippen LogP contribution < -0.4 is 5.32 Å². The number of nitrogens with zero attached hydrogens (tertiary/aromatic N) is 2. The zero-order valence-electron chi connectivity index (χ0n) is 24.4. The van der Waals surface area contributed by atoms with Gasteiger partial charge in [0.15, 0.2) is 5.78 Å². The van der Waals surface area contributed by atoms with E-state index in [4.69, 9.17) is 11.6 Å². The van der Waals surface area contributed by atoms with Crippen molar-refractivity contribution in [2.45, 2.75) is 77.0 Å². The first kappa shape index (κ1) is 28.7. The summed E-state index contributed by atoms with van der Waals surface area (Å²) >= 11 is 6.01. The largest absolute Gasteiger partial charge is 0.348 e. The molecule has 6 rings (SSSR count). The lowest BCUT2D eigenvalue weighted by Crippen LogP contribution is -2.43. The van der Waals surface area contributed by atoms with E-state index in [1.54, 1.807) is 12.1 Å². The molecular weight excluding hydrogens is 542 g/mol. The fraction of sp³-hybridized carbons (Fsp3) is 0.389. The van der Waals surface area contributed by atoms with Crippen LogP contribution in [0.3, 0.4) is 0 Å². The van der Waals surface area contributed by atoms with Crippen LogP contribution in [0.1, 0.15) is 77.3 Å². The topological polar surface area (TPSA) is 54.3 Å². The van der Waals surface area contributed by atoms with E-state index in [0.29, 0.717) is 36.0 Å². The molecule has 2 aliphatic rings. The molecule has 0 saturated carbocycles. The Morgan fingerprint density at radius 2 is 1.64 bits per heavy atom. The van der Waals surface area contributed by atoms with Crippen molar-refractivity contribution in [2.75, 3.05) is 6.54 Å². The molecule has 4 aromatic rings. The van der Waals surface area contributed by atoms with E-state index < -0.39 is 0 Å². The second kappa shape index (κ2) is 12.8. The van der Waals surface area contributed by atoms with Gasteiger partial charge >= 0.3 is 0 Å². The highest BCUT2D eigenvalue weighted by molar-refractivity contribution is 6.30. The van der Waals surface area contributed by atoms with E-state index >= 15 is 0 Å². The van der Waals surface area contributed by atoms with Crippen LogP contribution in [0.15, 0.2) is 79.0 Å². The normalized spacial score (nSPS) is 20.2. The van der Waals surface area contributed by atoms with E-state index in [0.717, 1.165) is 60.8 Å². The summed E-state index contributed by atoms with van der Waals surface area (Å²) in [5, 5.41) is 4.83. The van der Waals surface area contributed by atoms with Crippen molar-refractivity contribution in [1.82, 2.24) is 14.8 Å². The zero-order chi connectivity index (χ0) is 29.1. The van der Waals surface area contributed by atoms with Gasteiger partial charge in [0.05, 0.1) is 11.1 Å². The fourth-order valence-corrected chi connectivity index (χ4v) is 7.44. The molecule has 1 amide bonds. The van der Waals surface area contributed by atoms with Crippen molar-refractivity contribution in [2.24, 2.45) is 5.92 Å². The van der Waals surface area contributed by atoms with Gasteiger partial charge < -0.3 is 9.88 Å². The summed E-state index contributed by atoms with van der Waals surface area (Å²) in [7, 11) is 0. The van der Waals surface area contributed by atoms with Crippen molar-refractivity contribution in [1.29, 1.82) is 0 Å². The number of benzene rings is 3. The van der Waals surface area contributed by atoms with Crippen molar-refractivity contribution >= 4 is 34.2 Å². The van der Waals surface area contributed by atoms with Crippen LogP contribution in [-0.2, 0) is 19.5 Å². The average molecular weight is 582 g/mol. The lowest BCUT2D eigenvalue weighted by molar-refractivity contribution is 0.0807. The number of rotatable bonds is 11. The van der Waals surface area contributed by atoms with E-state index in [1.165, 1.54) is 23.9 Å². The smallest absolute Gasteiger partial charge is 0.253 e. The van der Waals surface area contributed by atoms with E-state index in [-0.39, 0.29) is 11.7 Å². The monoisotopic (exact) mass is 581 g/mol. The molecule has 2 unspecified atom stereocenters. The third-order valence-corrected chi connectivity index (χ3v) is 9.59. The quantitative estimate of drug-likeness (QED) is 0.185. The Bertz CT molecular complexity index is 1530. The van der Waals surface area contributed by atoms with Crippen molar-refractivity contribution < 1.29 is 9.59 Å². The lowest BCUT2D eigenvalue weighted by Gasteiger charge is -2.39. The lowest BCUT2D eigenvalue weighted by atomic mass is 9.85. The molecule has 0 radical (unpaired) electrons. The first-order valence-corrected chi connectivity index (χ1v) is 15.8. The third kappa shape index (κ3) is 6.18. The first-order valence-electron chi connectivity index (χ1n) is 15.5. The summed E-state index contributed by atoms with van der Waals surface area (Å²) in [6, 6.07) is 24.8. The number of carbonyl (C=O) groups is 2.